The Hall–Kier alpha value is -1.92. The summed E-state index contributed by atoms with van der Waals surface area (Å²) in [6, 6.07) is 13.6. The number of amides is 1. The van der Waals surface area contributed by atoms with Crippen LogP contribution in [0.3, 0.4) is 0 Å². The highest BCUT2D eigenvalue weighted by atomic mass is 32.2. The third kappa shape index (κ3) is 3.94. The molecule has 5 nitrogen and oxygen atoms in total. The van der Waals surface area contributed by atoms with Crippen LogP contribution in [0.15, 0.2) is 42.5 Å². The SMILES string of the molecule is CS(=O)(=O)NC[C@H]1CCCN(C(=O)c2cccc3ccccc23)C1. The molecular weight excluding hydrogens is 324 g/mol. The molecule has 0 radical (unpaired) electrons. The number of hydrogen-bond donors (Lipinski definition) is 1. The lowest BCUT2D eigenvalue weighted by atomic mass is 9.96. The molecule has 0 unspecified atom stereocenters. The summed E-state index contributed by atoms with van der Waals surface area (Å²) < 4.78 is 25.1. The number of fused-ring (bicyclic) bond motifs is 1. The molecule has 1 aliphatic heterocycles. The first kappa shape index (κ1) is 16.9. The van der Waals surface area contributed by atoms with Crippen molar-refractivity contribution in [2.45, 2.75) is 12.8 Å². The van der Waals surface area contributed by atoms with Gasteiger partial charge in [-0.15, -0.1) is 0 Å². The van der Waals surface area contributed by atoms with E-state index < -0.39 is 10.0 Å². The van der Waals surface area contributed by atoms with Crippen LogP contribution in [0.25, 0.3) is 10.8 Å². The van der Waals surface area contributed by atoms with E-state index in [9.17, 15) is 13.2 Å². The minimum Gasteiger partial charge on any atom is -0.338 e. The van der Waals surface area contributed by atoms with Crippen LogP contribution in [-0.4, -0.2) is 45.1 Å². The van der Waals surface area contributed by atoms with Crippen LogP contribution in [0.4, 0.5) is 0 Å². The fourth-order valence-electron chi connectivity index (χ4n) is 3.27. The van der Waals surface area contributed by atoms with E-state index in [1.807, 2.05) is 47.4 Å². The number of rotatable bonds is 4. The van der Waals surface area contributed by atoms with Crippen LogP contribution >= 0.6 is 0 Å². The zero-order valence-corrected chi connectivity index (χ0v) is 14.6. The van der Waals surface area contributed by atoms with Gasteiger partial charge in [-0.25, -0.2) is 13.1 Å². The van der Waals surface area contributed by atoms with Gasteiger partial charge in [0, 0.05) is 25.2 Å². The normalized spacial score (nSPS) is 18.7. The third-order valence-electron chi connectivity index (χ3n) is 4.46. The molecular formula is C18H22N2O3S. The average Bonchev–Trinajstić information content (AvgIpc) is 2.58. The number of carbonyl (C=O) groups is 1. The molecule has 1 atom stereocenters. The fourth-order valence-corrected chi connectivity index (χ4v) is 3.81. The molecule has 1 aliphatic rings. The summed E-state index contributed by atoms with van der Waals surface area (Å²) in [6.45, 7) is 1.69. The van der Waals surface area contributed by atoms with Gasteiger partial charge in [0.15, 0.2) is 0 Å². The van der Waals surface area contributed by atoms with Crippen LogP contribution < -0.4 is 4.72 Å². The maximum atomic E-state index is 12.9. The molecule has 2 aromatic carbocycles. The van der Waals surface area contributed by atoms with Gasteiger partial charge in [-0.3, -0.25) is 4.79 Å². The Kier molecular flexibility index (Phi) is 4.87. The van der Waals surface area contributed by atoms with Crippen LogP contribution in [0.5, 0.6) is 0 Å². The highest BCUT2D eigenvalue weighted by Crippen LogP contribution is 2.23. The number of carbonyl (C=O) groups excluding carboxylic acids is 1. The highest BCUT2D eigenvalue weighted by molar-refractivity contribution is 7.88. The van der Waals surface area contributed by atoms with Crippen molar-refractivity contribution in [3.8, 4) is 0 Å². The first-order valence-corrected chi connectivity index (χ1v) is 10.0. The number of nitrogens with zero attached hydrogens (tertiary/aromatic N) is 1. The first-order valence-electron chi connectivity index (χ1n) is 8.16. The number of piperidine rings is 1. The third-order valence-corrected chi connectivity index (χ3v) is 5.15. The van der Waals surface area contributed by atoms with Crippen LogP contribution in [0, 0.1) is 5.92 Å². The molecule has 0 spiro atoms. The smallest absolute Gasteiger partial charge is 0.254 e. The largest absolute Gasteiger partial charge is 0.338 e. The van der Waals surface area contributed by atoms with Gasteiger partial charge in [0.05, 0.1) is 6.26 Å². The lowest BCUT2D eigenvalue weighted by Crippen LogP contribution is -2.43. The Bertz CT molecular complexity index is 843. The zero-order valence-electron chi connectivity index (χ0n) is 13.7. The molecule has 2 aromatic rings. The molecule has 1 saturated heterocycles. The molecule has 6 heteroatoms. The Labute approximate surface area is 142 Å². The van der Waals surface area contributed by atoms with Crippen molar-refractivity contribution >= 4 is 26.7 Å². The molecule has 1 heterocycles. The van der Waals surface area contributed by atoms with Gasteiger partial charge in [-0.2, -0.15) is 0 Å². The first-order chi connectivity index (χ1) is 11.4. The van der Waals surface area contributed by atoms with Gasteiger partial charge in [-0.1, -0.05) is 36.4 Å². The van der Waals surface area contributed by atoms with Crippen molar-refractivity contribution < 1.29 is 13.2 Å². The van der Waals surface area contributed by atoms with E-state index in [1.165, 1.54) is 0 Å². The molecule has 3 rings (SSSR count). The van der Waals surface area contributed by atoms with Crippen LogP contribution in [-0.2, 0) is 10.0 Å². The second-order valence-corrected chi connectivity index (χ2v) is 8.24. The second kappa shape index (κ2) is 6.91. The molecule has 0 bridgehead atoms. The minimum atomic E-state index is -3.20. The van der Waals surface area contributed by atoms with Crippen molar-refractivity contribution in [3.63, 3.8) is 0 Å². The average molecular weight is 346 g/mol. The van der Waals surface area contributed by atoms with E-state index in [0.717, 1.165) is 36.4 Å². The number of benzene rings is 2. The van der Waals surface area contributed by atoms with Crippen LogP contribution in [0.2, 0.25) is 0 Å². The molecule has 24 heavy (non-hydrogen) atoms. The Morgan fingerprint density at radius 3 is 2.75 bits per heavy atom. The van der Waals surface area contributed by atoms with E-state index in [0.29, 0.717) is 18.7 Å². The van der Waals surface area contributed by atoms with Gasteiger partial charge in [-0.05, 0) is 35.6 Å². The van der Waals surface area contributed by atoms with Crippen molar-refractivity contribution in [1.29, 1.82) is 0 Å². The van der Waals surface area contributed by atoms with E-state index in [2.05, 4.69) is 4.72 Å². The van der Waals surface area contributed by atoms with Gasteiger partial charge >= 0.3 is 0 Å². The predicted octanol–water partition coefficient (Wildman–Crippen LogP) is 2.24. The van der Waals surface area contributed by atoms with Gasteiger partial charge in [0.2, 0.25) is 10.0 Å². The van der Waals surface area contributed by atoms with Crippen molar-refractivity contribution in [1.82, 2.24) is 9.62 Å². The molecule has 128 valence electrons. The minimum absolute atomic E-state index is 0.0239. The summed E-state index contributed by atoms with van der Waals surface area (Å²) in [7, 11) is -3.20. The van der Waals surface area contributed by atoms with E-state index in [-0.39, 0.29) is 11.8 Å². The lowest BCUT2D eigenvalue weighted by Gasteiger charge is -2.33. The number of nitrogens with one attached hydrogen (secondary N) is 1. The van der Waals surface area contributed by atoms with Crippen molar-refractivity contribution in [2.75, 3.05) is 25.9 Å². The fraction of sp³-hybridized carbons (Fsp3) is 0.389. The molecule has 1 N–H and O–H groups in total. The van der Waals surface area contributed by atoms with Crippen molar-refractivity contribution in [2.24, 2.45) is 5.92 Å². The van der Waals surface area contributed by atoms with E-state index in [4.69, 9.17) is 0 Å². The zero-order chi connectivity index (χ0) is 17.2. The Morgan fingerprint density at radius 2 is 1.96 bits per heavy atom. The summed E-state index contributed by atoms with van der Waals surface area (Å²) >= 11 is 0. The second-order valence-electron chi connectivity index (χ2n) is 6.41. The number of hydrogen-bond acceptors (Lipinski definition) is 3. The standard InChI is InChI=1S/C18H22N2O3S/c1-24(22,23)19-12-14-6-5-11-20(13-14)18(21)17-10-4-8-15-7-2-3-9-16(15)17/h2-4,7-10,14,19H,5-6,11-13H2,1H3/t14-/m1/s1. The summed E-state index contributed by atoms with van der Waals surface area (Å²) in [6.07, 6.45) is 2.99. The molecule has 1 amide bonds. The van der Waals surface area contributed by atoms with Crippen LogP contribution in [0.1, 0.15) is 23.2 Å². The maximum absolute atomic E-state index is 12.9. The Balaban J connectivity index is 1.76. The summed E-state index contributed by atoms with van der Waals surface area (Å²) in [5.41, 5.74) is 0.713. The quantitative estimate of drug-likeness (QED) is 0.923. The van der Waals surface area contributed by atoms with Gasteiger partial charge in [0.25, 0.3) is 5.91 Å². The molecule has 1 fully saturated rings. The molecule has 0 aliphatic carbocycles. The molecule has 0 saturated carbocycles. The topological polar surface area (TPSA) is 66.5 Å². The van der Waals surface area contributed by atoms with Crippen molar-refractivity contribution in [3.05, 3.63) is 48.0 Å². The monoisotopic (exact) mass is 346 g/mol. The lowest BCUT2D eigenvalue weighted by molar-refractivity contribution is 0.0678. The summed E-state index contributed by atoms with van der Waals surface area (Å²) in [4.78, 5) is 14.8. The number of sulfonamides is 1. The van der Waals surface area contributed by atoms with E-state index in [1.54, 1.807) is 0 Å². The Morgan fingerprint density at radius 1 is 1.21 bits per heavy atom. The summed E-state index contributed by atoms with van der Waals surface area (Å²) in [5, 5.41) is 2.01. The van der Waals surface area contributed by atoms with Gasteiger partial charge < -0.3 is 4.90 Å². The maximum Gasteiger partial charge on any atom is 0.254 e. The number of likely N-dealkylation sites (tertiary alicyclic amines) is 1. The highest BCUT2D eigenvalue weighted by Gasteiger charge is 2.25. The predicted molar refractivity (Wildman–Crippen MR) is 95.4 cm³/mol. The van der Waals surface area contributed by atoms with Gasteiger partial charge in [0.1, 0.15) is 0 Å². The summed E-state index contributed by atoms with van der Waals surface area (Å²) in [5.74, 6) is 0.184. The molecule has 0 aromatic heterocycles. The van der Waals surface area contributed by atoms with E-state index >= 15 is 0 Å².